The molecule has 31 heavy (non-hydrogen) atoms. The molecule has 0 radical (unpaired) electrons. The molecule has 0 aromatic heterocycles. The van der Waals surface area contributed by atoms with E-state index in [0.717, 1.165) is 24.3 Å². The molecule has 0 aliphatic heterocycles. The second-order valence-electron chi connectivity index (χ2n) is 8.93. The Kier molecular flexibility index (Phi) is 15.6. The largest absolute Gasteiger partial charge is 0.460 e. The van der Waals surface area contributed by atoms with Crippen LogP contribution in [0.15, 0.2) is 30.3 Å². The maximum atomic E-state index is 11.9. The number of carbonyl (C=O) groups is 2. The van der Waals surface area contributed by atoms with Gasteiger partial charge in [-0.15, -0.1) is 0 Å². The van der Waals surface area contributed by atoms with Crippen LogP contribution in [-0.2, 0) is 20.9 Å². The molecule has 1 aromatic carbocycles. The number of ether oxygens (including phenoxy) is 1. The summed E-state index contributed by atoms with van der Waals surface area (Å²) in [7, 11) is 0. The molecule has 5 heteroatoms. The third-order valence-electron chi connectivity index (χ3n) is 5.41. The van der Waals surface area contributed by atoms with Crippen LogP contribution in [0.25, 0.3) is 0 Å². The van der Waals surface area contributed by atoms with Gasteiger partial charge in [-0.1, -0.05) is 108 Å². The SMILES string of the molecule is CC(C)CCCCCCCCCCCC(O)CC(=O)NCC(=O)OCc1ccccc1. The number of amides is 1. The van der Waals surface area contributed by atoms with Crippen LogP contribution in [-0.4, -0.2) is 29.6 Å². The predicted molar refractivity (Wildman–Crippen MR) is 125 cm³/mol. The second-order valence-corrected chi connectivity index (χ2v) is 8.93. The summed E-state index contributed by atoms with van der Waals surface area (Å²) in [6.07, 6.45) is 12.5. The van der Waals surface area contributed by atoms with Gasteiger partial charge in [0.1, 0.15) is 13.2 Å². The highest BCUT2D eigenvalue weighted by Gasteiger charge is 2.12. The number of hydrogen-bond acceptors (Lipinski definition) is 4. The molecule has 1 unspecified atom stereocenters. The van der Waals surface area contributed by atoms with E-state index in [0.29, 0.717) is 6.42 Å². The first-order valence-electron chi connectivity index (χ1n) is 12.1. The summed E-state index contributed by atoms with van der Waals surface area (Å²) in [4.78, 5) is 23.6. The minimum absolute atomic E-state index is 0.0301. The van der Waals surface area contributed by atoms with Crippen molar-refractivity contribution in [3.63, 3.8) is 0 Å². The van der Waals surface area contributed by atoms with Crippen LogP contribution in [0.5, 0.6) is 0 Å². The van der Waals surface area contributed by atoms with Crippen LogP contribution in [0.3, 0.4) is 0 Å². The number of aliphatic hydroxyl groups excluding tert-OH is 1. The van der Waals surface area contributed by atoms with Crippen LogP contribution in [0.2, 0.25) is 0 Å². The molecule has 0 aliphatic rings. The number of aliphatic hydroxyl groups is 1. The fraction of sp³-hybridized carbons (Fsp3) is 0.692. The molecule has 0 saturated heterocycles. The van der Waals surface area contributed by atoms with Crippen molar-refractivity contribution in [1.82, 2.24) is 5.32 Å². The summed E-state index contributed by atoms with van der Waals surface area (Å²) < 4.78 is 5.12. The van der Waals surface area contributed by atoms with E-state index in [1.165, 1.54) is 51.4 Å². The first-order valence-corrected chi connectivity index (χ1v) is 12.1. The lowest BCUT2D eigenvalue weighted by atomic mass is 10.0. The number of esters is 1. The normalized spacial score (nSPS) is 12.0. The Hall–Kier alpha value is -1.88. The van der Waals surface area contributed by atoms with E-state index >= 15 is 0 Å². The minimum atomic E-state index is -0.652. The van der Waals surface area contributed by atoms with Gasteiger partial charge in [0, 0.05) is 0 Å². The fourth-order valence-electron chi connectivity index (χ4n) is 3.52. The van der Waals surface area contributed by atoms with Crippen molar-refractivity contribution in [3.8, 4) is 0 Å². The van der Waals surface area contributed by atoms with E-state index in [2.05, 4.69) is 19.2 Å². The van der Waals surface area contributed by atoms with E-state index in [-0.39, 0.29) is 25.5 Å². The summed E-state index contributed by atoms with van der Waals surface area (Å²) in [5, 5.41) is 12.5. The fourth-order valence-corrected chi connectivity index (χ4v) is 3.52. The zero-order chi connectivity index (χ0) is 22.7. The third-order valence-corrected chi connectivity index (χ3v) is 5.41. The predicted octanol–water partition coefficient (Wildman–Crippen LogP) is 5.54. The second kappa shape index (κ2) is 17.8. The Labute approximate surface area is 189 Å². The van der Waals surface area contributed by atoms with Crippen molar-refractivity contribution in [1.29, 1.82) is 0 Å². The van der Waals surface area contributed by atoms with E-state index in [4.69, 9.17) is 4.74 Å². The van der Waals surface area contributed by atoms with Gasteiger partial charge in [0.25, 0.3) is 0 Å². The summed E-state index contributed by atoms with van der Waals surface area (Å²) in [5.41, 5.74) is 0.902. The molecule has 0 heterocycles. The van der Waals surface area contributed by atoms with E-state index in [9.17, 15) is 14.7 Å². The third kappa shape index (κ3) is 16.5. The molecule has 1 rings (SSSR count). The lowest BCUT2D eigenvalue weighted by Crippen LogP contribution is -2.32. The summed E-state index contributed by atoms with van der Waals surface area (Å²) in [5.74, 6) is 0.0242. The first-order chi connectivity index (χ1) is 15.0. The van der Waals surface area contributed by atoms with Gasteiger partial charge < -0.3 is 15.2 Å². The van der Waals surface area contributed by atoms with E-state index in [1.54, 1.807) is 0 Å². The number of rotatable bonds is 18. The zero-order valence-corrected chi connectivity index (χ0v) is 19.6. The van der Waals surface area contributed by atoms with Gasteiger partial charge >= 0.3 is 5.97 Å². The van der Waals surface area contributed by atoms with E-state index < -0.39 is 12.1 Å². The van der Waals surface area contributed by atoms with Crippen molar-refractivity contribution in [2.75, 3.05) is 6.54 Å². The highest BCUT2D eigenvalue weighted by molar-refractivity contribution is 5.82. The molecule has 5 nitrogen and oxygen atoms in total. The monoisotopic (exact) mass is 433 g/mol. The Bertz CT molecular complexity index is 588. The van der Waals surface area contributed by atoms with Gasteiger partial charge in [-0.3, -0.25) is 9.59 Å². The van der Waals surface area contributed by atoms with Crippen molar-refractivity contribution in [3.05, 3.63) is 35.9 Å². The number of nitrogens with one attached hydrogen (secondary N) is 1. The van der Waals surface area contributed by atoms with Crippen molar-refractivity contribution < 1.29 is 19.4 Å². The topological polar surface area (TPSA) is 75.6 Å². The molecule has 0 aliphatic carbocycles. The molecule has 1 amide bonds. The summed E-state index contributed by atoms with van der Waals surface area (Å²) in [6.45, 7) is 4.59. The molecule has 1 aromatic rings. The molecule has 0 fully saturated rings. The Morgan fingerprint density at radius 1 is 0.871 bits per heavy atom. The van der Waals surface area contributed by atoms with Gasteiger partial charge in [0.05, 0.1) is 12.5 Å². The van der Waals surface area contributed by atoms with Crippen molar-refractivity contribution >= 4 is 11.9 Å². The van der Waals surface area contributed by atoms with Gasteiger partial charge in [-0.2, -0.15) is 0 Å². The highest BCUT2D eigenvalue weighted by atomic mass is 16.5. The maximum absolute atomic E-state index is 11.9. The molecular formula is C26H43NO4. The van der Waals surface area contributed by atoms with Gasteiger partial charge in [-0.25, -0.2) is 0 Å². The number of unbranched alkanes of at least 4 members (excludes halogenated alkanes) is 8. The number of carbonyl (C=O) groups excluding carboxylic acids is 2. The molecular weight excluding hydrogens is 390 g/mol. The standard InChI is InChI=1S/C26H43NO4/c1-22(2)15-11-8-6-4-3-5-7-9-14-18-24(28)19-25(29)27-20-26(30)31-21-23-16-12-10-13-17-23/h10,12-13,16-17,22,24,28H,3-9,11,14-15,18-21H2,1-2H3,(H,27,29). The molecule has 1 atom stereocenters. The maximum Gasteiger partial charge on any atom is 0.325 e. The van der Waals surface area contributed by atoms with Crippen LogP contribution < -0.4 is 5.32 Å². The Morgan fingerprint density at radius 3 is 2.00 bits per heavy atom. The molecule has 0 saturated carbocycles. The lowest BCUT2D eigenvalue weighted by Gasteiger charge is -2.11. The smallest absolute Gasteiger partial charge is 0.325 e. The van der Waals surface area contributed by atoms with Crippen LogP contribution in [0, 0.1) is 5.92 Å². The van der Waals surface area contributed by atoms with Crippen molar-refractivity contribution in [2.45, 2.75) is 104 Å². The number of hydrogen-bond donors (Lipinski definition) is 2. The zero-order valence-electron chi connectivity index (χ0n) is 19.6. The Balaban J connectivity index is 1.93. The van der Waals surface area contributed by atoms with Gasteiger partial charge in [0.2, 0.25) is 5.91 Å². The molecule has 0 spiro atoms. The van der Waals surface area contributed by atoms with Crippen LogP contribution in [0.4, 0.5) is 0 Å². The lowest BCUT2D eigenvalue weighted by molar-refractivity contribution is -0.145. The van der Waals surface area contributed by atoms with Gasteiger partial charge in [-0.05, 0) is 17.9 Å². The average molecular weight is 434 g/mol. The van der Waals surface area contributed by atoms with Crippen molar-refractivity contribution in [2.24, 2.45) is 5.92 Å². The summed E-state index contributed by atoms with van der Waals surface area (Å²) >= 11 is 0. The Morgan fingerprint density at radius 2 is 1.42 bits per heavy atom. The average Bonchev–Trinajstić information content (AvgIpc) is 2.75. The summed E-state index contributed by atoms with van der Waals surface area (Å²) in [6, 6.07) is 9.40. The molecule has 2 N–H and O–H groups in total. The van der Waals surface area contributed by atoms with Crippen LogP contribution in [0.1, 0.15) is 96.5 Å². The number of benzene rings is 1. The van der Waals surface area contributed by atoms with E-state index in [1.807, 2.05) is 30.3 Å². The molecule has 0 bridgehead atoms. The van der Waals surface area contributed by atoms with Gasteiger partial charge in [0.15, 0.2) is 0 Å². The molecule has 176 valence electrons. The van der Waals surface area contributed by atoms with Crippen LogP contribution >= 0.6 is 0 Å². The highest BCUT2D eigenvalue weighted by Crippen LogP contribution is 2.14. The quantitative estimate of drug-likeness (QED) is 0.235. The minimum Gasteiger partial charge on any atom is -0.460 e. The first kappa shape index (κ1) is 27.2.